The smallest absolute Gasteiger partial charge is 0.322 e. The molecule has 0 aliphatic rings. The molecule has 19 heavy (non-hydrogen) atoms. The minimum Gasteiger partial charge on any atom is -0.480 e. The maximum atomic E-state index is 11.9. The number of nitrogens with one attached hydrogen (secondary N) is 1. The van der Waals surface area contributed by atoms with Crippen molar-refractivity contribution in [2.45, 2.75) is 26.7 Å². The van der Waals surface area contributed by atoms with Gasteiger partial charge in [0.25, 0.3) is 5.91 Å². The number of nitrogens with zero attached hydrogens (tertiary/aromatic N) is 3. The number of carboxylic acid groups (broad SMARTS) is 1. The number of carboxylic acids is 1. The molecule has 0 aliphatic carbocycles. The lowest BCUT2D eigenvalue weighted by molar-refractivity contribution is -0.135. The second-order valence-corrected chi connectivity index (χ2v) is 5.40. The molecule has 1 amide bonds. The molecule has 7 nitrogen and oxygen atoms in total. The molecule has 0 radical (unpaired) electrons. The zero-order chi connectivity index (χ0) is 14.2. The Bertz CT molecular complexity index is 644. The molecule has 2 N–H and O–H groups in total. The summed E-state index contributed by atoms with van der Waals surface area (Å²) in [5.74, 6) is -0.485. The van der Waals surface area contributed by atoms with Crippen LogP contribution in [0.4, 0.5) is 0 Å². The number of fused-ring (bicyclic) bond motifs is 1. The van der Waals surface area contributed by atoms with Crippen LogP contribution in [0.3, 0.4) is 0 Å². The van der Waals surface area contributed by atoms with Crippen LogP contribution in [0.5, 0.6) is 0 Å². The van der Waals surface area contributed by atoms with Gasteiger partial charge in [-0.3, -0.25) is 14.0 Å². The lowest BCUT2D eigenvalue weighted by Gasteiger charge is -2.03. The fourth-order valence-electron chi connectivity index (χ4n) is 1.75. The van der Waals surface area contributed by atoms with Gasteiger partial charge in [0.05, 0.1) is 0 Å². The predicted octanol–water partition coefficient (Wildman–Crippen LogP) is 1.04. The zero-order valence-electron chi connectivity index (χ0n) is 10.8. The second-order valence-electron chi connectivity index (χ2n) is 4.42. The van der Waals surface area contributed by atoms with E-state index < -0.39 is 18.4 Å². The van der Waals surface area contributed by atoms with Crippen LogP contribution in [0.1, 0.15) is 41.0 Å². The zero-order valence-corrected chi connectivity index (χ0v) is 11.6. The van der Waals surface area contributed by atoms with Crippen molar-refractivity contribution < 1.29 is 14.7 Å². The molecular formula is C11H14N4O3S. The monoisotopic (exact) mass is 282 g/mol. The standard InChI is InChI=1S/C11H14N4O3S/c1-5(2)9-13-14-11-15(9)6(3)8(19-11)10(18)12-4-7(16)17/h5H,4H2,1-3H3,(H,12,18)(H,16,17). The van der Waals surface area contributed by atoms with E-state index in [-0.39, 0.29) is 5.92 Å². The van der Waals surface area contributed by atoms with Crippen molar-refractivity contribution in [1.29, 1.82) is 0 Å². The van der Waals surface area contributed by atoms with Gasteiger partial charge in [-0.15, -0.1) is 10.2 Å². The predicted molar refractivity (Wildman–Crippen MR) is 69.7 cm³/mol. The molecule has 0 aromatic carbocycles. The fraction of sp³-hybridized carbons (Fsp3) is 0.455. The number of hydrogen-bond donors (Lipinski definition) is 2. The van der Waals surface area contributed by atoms with Gasteiger partial charge in [-0.2, -0.15) is 0 Å². The van der Waals surface area contributed by atoms with Crippen LogP contribution in [-0.4, -0.2) is 38.1 Å². The molecule has 0 spiro atoms. The maximum absolute atomic E-state index is 11.9. The largest absolute Gasteiger partial charge is 0.480 e. The average Bonchev–Trinajstić information content (AvgIpc) is 2.87. The van der Waals surface area contributed by atoms with E-state index in [1.165, 1.54) is 11.3 Å². The van der Waals surface area contributed by atoms with E-state index in [0.717, 1.165) is 11.5 Å². The van der Waals surface area contributed by atoms with Crippen LogP contribution in [0.15, 0.2) is 0 Å². The van der Waals surface area contributed by atoms with E-state index in [2.05, 4.69) is 15.5 Å². The quantitative estimate of drug-likeness (QED) is 0.873. The summed E-state index contributed by atoms with van der Waals surface area (Å²) in [5.41, 5.74) is 0.733. The van der Waals surface area contributed by atoms with E-state index in [1.54, 1.807) is 6.92 Å². The summed E-state index contributed by atoms with van der Waals surface area (Å²) in [4.78, 5) is 23.4. The first kappa shape index (κ1) is 13.5. The molecule has 102 valence electrons. The van der Waals surface area contributed by atoms with E-state index in [4.69, 9.17) is 5.11 Å². The number of aryl methyl sites for hydroxylation is 1. The number of aliphatic carboxylic acids is 1. The van der Waals surface area contributed by atoms with Crippen LogP contribution in [-0.2, 0) is 4.79 Å². The summed E-state index contributed by atoms with van der Waals surface area (Å²) in [6.45, 7) is 5.40. The first-order valence-electron chi connectivity index (χ1n) is 5.76. The number of aromatic nitrogens is 3. The highest BCUT2D eigenvalue weighted by Gasteiger charge is 2.21. The van der Waals surface area contributed by atoms with Crippen molar-refractivity contribution in [3.8, 4) is 0 Å². The minimum absolute atomic E-state index is 0.193. The SMILES string of the molecule is Cc1c(C(=O)NCC(=O)O)sc2nnc(C(C)C)n12. The number of carbonyl (C=O) groups is 2. The summed E-state index contributed by atoms with van der Waals surface area (Å²) < 4.78 is 1.84. The third-order valence-corrected chi connectivity index (χ3v) is 3.77. The molecular weight excluding hydrogens is 268 g/mol. The third kappa shape index (κ3) is 2.43. The molecule has 0 aliphatic heterocycles. The Morgan fingerprint density at radius 2 is 2.11 bits per heavy atom. The summed E-state index contributed by atoms with van der Waals surface area (Å²) in [6.07, 6.45) is 0. The lowest BCUT2D eigenvalue weighted by atomic mass is 10.2. The number of hydrogen-bond acceptors (Lipinski definition) is 5. The highest BCUT2D eigenvalue weighted by Crippen LogP contribution is 2.25. The van der Waals surface area contributed by atoms with Gasteiger partial charge in [0.1, 0.15) is 17.2 Å². The Morgan fingerprint density at radius 3 is 2.68 bits per heavy atom. The lowest BCUT2D eigenvalue weighted by Crippen LogP contribution is -2.29. The highest BCUT2D eigenvalue weighted by molar-refractivity contribution is 7.19. The maximum Gasteiger partial charge on any atom is 0.322 e. The first-order chi connectivity index (χ1) is 8.91. The second kappa shape index (κ2) is 4.96. The molecule has 0 saturated heterocycles. The Balaban J connectivity index is 2.37. The Kier molecular flexibility index (Phi) is 3.52. The number of rotatable bonds is 4. The van der Waals surface area contributed by atoms with E-state index in [0.29, 0.717) is 9.84 Å². The Hall–Kier alpha value is -1.96. The minimum atomic E-state index is -1.07. The van der Waals surface area contributed by atoms with Gasteiger partial charge in [0, 0.05) is 11.6 Å². The molecule has 2 aromatic heterocycles. The number of amides is 1. The van der Waals surface area contributed by atoms with Crippen molar-refractivity contribution in [2.75, 3.05) is 6.54 Å². The van der Waals surface area contributed by atoms with Gasteiger partial charge in [-0.05, 0) is 6.92 Å². The van der Waals surface area contributed by atoms with Crippen LogP contribution in [0, 0.1) is 6.92 Å². The van der Waals surface area contributed by atoms with Crippen molar-refractivity contribution >= 4 is 28.2 Å². The molecule has 0 unspecified atom stereocenters. The van der Waals surface area contributed by atoms with Crippen LogP contribution < -0.4 is 5.32 Å². The fourth-order valence-corrected chi connectivity index (χ4v) is 2.74. The summed E-state index contributed by atoms with van der Waals surface area (Å²) in [6, 6.07) is 0. The van der Waals surface area contributed by atoms with E-state index >= 15 is 0 Å². The summed E-state index contributed by atoms with van der Waals surface area (Å²) >= 11 is 1.21. The van der Waals surface area contributed by atoms with Gasteiger partial charge in [-0.1, -0.05) is 25.2 Å². The van der Waals surface area contributed by atoms with Crippen molar-refractivity contribution in [1.82, 2.24) is 19.9 Å². The van der Waals surface area contributed by atoms with E-state index in [1.807, 2.05) is 18.2 Å². The van der Waals surface area contributed by atoms with Crippen LogP contribution in [0.25, 0.3) is 4.96 Å². The van der Waals surface area contributed by atoms with Crippen molar-refractivity contribution in [2.24, 2.45) is 0 Å². The third-order valence-electron chi connectivity index (χ3n) is 2.64. The van der Waals surface area contributed by atoms with Crippen LogP contribution >= 0.6 is 11.3 Å². The van der Waals surface area contributed by atoms with Gasteiger partial charge in [-0.25, -0.2) is 0 Å². The van der Waals surface area contributed by atoms with Crippen LogP contribution in [0.2, 0.25) is 0 Å². The normalized spacial score (nSPS) is 11.2. The summed E-state index contributed by atoms with van der Waals surface area (Å²) in [5, 5.41) is 19.0. The van der Waals surface area contributed by atoms with Crippen molar-refractivity contribution in [3.05, 3.63) is 16.4 Å². The van der Waals surface area contributed by atoms with Gasteiger partial charge >= 0.3 is 5.97 Å². The van der Waals surface area contributed by atoms with E-state index in [9.17, 15) is 9.59 Å². The Morgan fingerprint density at radius 1 is 1.42 bits per heavy atom. The highest BCUT2D eigenvalue weighted by atomic mass is 32.1. The van der Waals surface area contributed by atoms with Gasteiger partial charge in [0.15, 0.2) is 0 Å². The molecule has 2 aromatic rings. The molecule has 0 fully saturated rings. The topological polar surface area (TPSA) is 96.6 Å². The van der Waals surface area contributed by atoms with Gasteiger partial charge < -0.3 is 10.4 Å². The molecule has 2 heterocycles. The molecule has 0 bridgehead atoms. The molecule has 8 heteroatoms. The number of thiazole rings is 1. The molecule has 0 atom stereocenters. The van der Waals surface area contributed by atoms with Crippen molar-refractivity contribution in [3.63, 3.8) is 0 Å². The average molecular weight is 282 g/mol. The first-order valence-corrected chi connectivity index (χ1v) is 6.58. The molecule has 0 saturated carbocycles. The Labute approximate surface area is 113 Å². The van der Waals surface area contributed by atoms with Gasteiger partial charge in [0.2, 0.25) is 4.96 Å². The molecule has 2 rings (SSSR count). The number of carbonyl (C=O) groups excluding carboxylic acids is 1. The summed E-state index contributed by atoms with van der Waals surface area (Å²) in [7, 11) is 0.